The van der Waals surface area contributed by atoms with Crippen molar-refractivity contribution in [2.45, 2.75) is 19.4 Å². The lowest BCUT2D eigenvalue weighted by molar-refractivity contribution is -0.143. The number of carboxylic acids is 2. The molecule has 4 N–H and O–H groups in total. The molecule has 1 fully saturated rings. The molecule has 96 valence electrons. The number of likely N-dealkylation sites (tertiary alicyclic amines) is 1. The molecule has 0 aromatic rings. The lowest BCUT2D eigenvalue weighted by Gasteiger charge is -2.19. The van der Waals surface area contributed by atoms with Gasteiger partial charge in [0.1, 0.15) is 0 Å². The summed E-state index contributed by atoms with van der Waals surface area (Å²) in [7, 11) is 0. The van der Waals surface area contributed by atoms with Crippen LogP contribution in [0.2, 0.25) is 0 Å². The smallest absolute Gasteiger partial charge is 0.308 e. The molecule has 0 aromatic heterocycles. The van der Waals surface area contributed by atoms with E-state index in [2.05, 4.69) is 0 Å². The topological polar surface area (TPSA) is 121 Å². The zero-order chi connectivity index (χ0) is 13.2. The largest absolute Gasteiger partial charge is 0.481 e. The zero-order valence-corrected chi connectivity index (χ0v) is 9.50. The van der Waals surface area contributed by atoms with Crippen molar-refractivity contribution in [1.29, 1.82) is 0 Å². The van der Waals surface area contributed by atoms with E-state index in [1.54, 1.807) is 6.92 Å². The van der Waals surface area contributed by atoms with E-state index in [-0.39, 0.29) is 12.5 Å². The first-order valence-electron chi connectivity index (χ1n) is 5.32. The summed E-state index contributed by atoms with van der Waals surface area (Å²) < 4.78 is 0. The first kappa shape index (κ1) is 13.4. The molecule has 0 bridgehead atoms. The average Bonchev–Trinajstić information content (AvgIpc) is 2.58. The van der Waals surface area contributed by atoms with Gasteiger partial charge in [0.15, 0.2) is 0 Å². The molecule has 1 heterocycles. The Morgan fingerprint density at radius 1 is 1.35 bits per heavy atom. The van der Waals surface area contributed by atoms with Crippen molar-refractivity contribution in [2.24, 2.45) is 17.6 Å². The number of aliphatic carboxylic acids is 2. The van der Waals surface area contributed by atoms with Crippen LogP contribution in [-0.2, 0) is 14.4 Å². The highest BCUT2D eigenvalue weighted by Gasteiger charge is 2.38. The number of rotatable bonds is 4. The van der Waals surface area contributed by atoms with Crippen LogP contribution in [0, 0.1) is 11.8 Å². The van der Waals surface area contributed by atoms with Crippen molar-refractivity contribution >= 4 is 17.8 Å². The van der Waals surface area contributed by atoms with Crippen molar-refractivity contribution in [3.05, 3.63) is 0 Å². The van der Waals surface area contributed by atoms with Crippen LogP contribution in [0.15, 0.2) is 0 Å². The number of carbonyl (C=O) groups is 3. The minimum Gasteiger partial charge on any atom is -0.481 e. The quantitative estimate of drug-likeness (QED) is 0.581. The van der Waals surface area contributed by atoms with Crippen LogP contribution < -0.4 is 5.73 Å². The lowest BCUT2D eigenvalue weighted by atomic mass is 9.99. The summed E-state index contributed by atoms with van der Waals surface area (Å²) in [5.41, 5.74) is 5.45. The van der Waals surface area contributed by atoms with Gasteiger partial charge in [-0.2, -0.15) is 0 Å². The normalized spacial score (nSPS) is 25.6. The first-order chi connectivity index (χ1) is 7.82. The summed E-state index contributed by atoms with van der Waals surface area (Å²) in [5, 5.41) is 17.4. The Kier molecular flexibility index (Phi) is 4.06. The maximum Gasteiger partial charge on any atom is 0.308 e. The number of amides is 1. The standard InChI is InChI=1S/C10H16N2O5/c1-5-3-12(4-6(5)10(16)17)9(15)7(11)2-8(13)14/h5-7H,2-4,11H2,1H3,(H,13,14)(H,16,17)/t5-,6-,7?/m1/s1. The van der Waals surface area contributed by atoms with Gasteiger partial charge < -0.3 is 20.8 Å². The van der Waals surface area contributed by atoms with E-state index in [4.69, 9.17) is 15.9 Å². The van der Waals surface area contributed by atoms with Crippen LogP contribution in [0.25, 0.3) is 0 Å². The summed E-state index contributed by atoms with van der Waals surface area (Å²) in [6.45, 7) is 2.15. The Balaban J connectivity index is 2.61. The maximum absolute atomic E-state index is 11.7. The van der Waals surface area contributed by atoms with Crippen LogP contribution in [-0.4, -0.2) is 52.1 Å². The van der Waals surface area contributed by atoms with Crippen molar-refractivity contribution in [2.75, 3.05) is 13.1 Å². The van der Waals surface area contributed by atoms with Crippen molar-refractivity contribution in [1.82, 2.24) is 4.90 Å². The highest BCUT2D eigenvalue weighted by molar-refractivity contribution is 5.87. The average molecular weight is 244 g/mol. The van der Waals surface area contributed by atoms with Gasteiger partial charge in [0.2, 0.25) is 5.91 Å². The second kappa shape index (κ2) is 5.13. The Bertz CT molecular complexity index is 344. The number of nitrogens with two attached hydrogens (primary N) is 1. The Morgan fingerprint density at radius 3 is 2.35 bits per heavy atom. The summed E-state index contributed by atoms with van der Waals surface area (Å²) in [6.07, 6.45) is -0.443. The lowest BCUT2D eigenvalue weighted by Crippen LogP contribution is -2.44. The summed E-state index contributed by atoms with van der Waals surface area (Å²) >= 11 is 0. The Hall–Kier alpha value is -1.63. The Labute approximate surface area is 98.2 Å². The molecule has 7 heteroatoms. The van der Waals surface area contributed by atoms with Crippen molar-refractivity contribution in [3.8, 4) is 0 Å². The molecule has 1 aliphatic heterocycles. The highest BCUT2D eigenvalue weighted by Crippen LogP contribution is 2.23. The predicted octanol–water partition coefficient (Wildman–Crippen LogP) is -1.03. The zero-order valence-electron chi connectivity index (χ0n) is 9.50. The molecular formula is C10H16N2O5. The number of nitrogens with zero attached hydrogens (tertiary/aromatic N) is 1. The van der Waals surface area contributed by atoms with E-state index >= 15 is 0 Å². The molecule has 3 atom stereocenters. The Morgan fingerprint density at radius 2 is 1.94 bits per heavy atom. The van der Waals surface area contributed by atoms with Crippen LogP contribution in [0.5, 0.6) is 0 Å². The predicted molar refractivity (Wildman–Crippen MR) is 57.1 cm³/mol. The number of hydrogen-bond acceptors (Lipinski definition) is 4. The number of hydrogen-bond donors (Lipinski definition) is 3. The van der Waals surface area contributed by atoms with E-state index in [1.165, 1.54) is 4.90 Å². The van der Waals surface area contributed by atoms with E-state index in [0.717, 1.165) is 0 Å². The SMILES string of the molecule is C[C@@H]1CN(C(=O)C(N)CC(=O)O)C[C@H]1C(=O)O. The number of carboxylic acid groups (broad SMARTS) is 2. The molecule has 1 amide bonds. The van der Waals surface area contributed by atoms with Gasteiger partial charge in [-0.05, 0) is 5.92 Å². The van der Waals surface area contributed by atoms with Gasteiger partial charge in [-0.1, -0.05) is 6.92 Å². The monoisotopic (exact) mass is 244 g/mol. The number of carbonyl (C=O) groups excluding carboxylic acids is 1. The highest BCUT2D eigenvalue weighted by atomic mass is 16.4. The molecule has 1 saturated heterocycles. The van der Waals surface area contributed by atoms with Crippen LogP contribution in [0.3, 0.4) is 0 Å². The van der Waals surface area contributed by atoms with E-state index < -0.39 is 36.2 Å². The summed E-state index contributed by atoms with van der Waals surface area (Å²) in [4.78, 5) is 34.4. The molecule has 0 aromatic carbocycles. The van der Waals surface area contributed by atoms with Crippen LogP contribution in [0.1, 0.15) is 13.3 Å². The molecule has 1 unspecified atom stereocenters. The summed E-state index contributed by atoms with van der Waals surface area (Å²) in [5.74, 6) is -3.33. The van der Waals surface area contributed by atoms with Crippen molar-refractivity contribution < 1.29 is 24.6 Å². The van der Waals surface area contributed by atoms with Crippen molar-refractivity contribution in [3.63, 3.8) is 0 Å². The van der Waals surface area contributed by atoms with Gasteiger partial charge in [-0.15, -0.1) is 0 Å². The molecule has 1 rings (SSSR count). The second-order valence-corrected chi connectivity index (χ2v) is 4.37. The van der Waals surface area contributed by atoms with E-state index in [0.29, 0.717) is 6.54 Å². The minimum absolute atomic E-state index is 0.0999. The van der Waals surface area contributed by atoms with E-state index in [9.17, 15) is 14.4 Å². The fourth-order valence-electron chi connectivity index (χ4n) is 1.98. The second-order valence-electron chi connectivity index (χ2n) is 4.37. The molecular weight excluding hydrogens is 228 g/mol. The molecule has 7 nitrogen and oxygen atoms in total. The molecule has 0 spiro atoms. The molecule has 1 aliphatic rings. The van der Waals surface area contributed by atoms with Crippen LogP contribution >= 0.6 is 0 Å². The van der Waals surface area contributed by atoms with Crippen LogP contribution in [0.4, 0.5) is 0 Å². The van der Waals surface area contributed by atoms with E-state index in [1.807, 2.05) is 0 Å². The third-order valence-corrected chi connectivity index (χ3v) is 2.95. The van der Waals surface area contributed by atoms with Gasteiger partial charge >= 0.3 is 11.9 Å². The molecule has 17 heavy (non-hydrogen) atoms. The van der Waals surface area contributed by atoms with Gasteiger partial charge in [-0.25, -0.2) is 0 Å². The summed E-state index contributed by atoms with van der Waals surface area (Å²) in [6, 6.07) is -1.10. The molecule has 0 aliphatic carbocycles. The van der Waals surface area contributed by atoms with Gasteiger partial charge in [0.25, 0.3) is 0 Å². The minimum atomic E-state index is -1.15. The fourth-order valence-corrected chi connectivity index (χ4v) is 1.98. The third-order valence-electron chi connectivity index (χ3n) is 2.95. The first-order valence-corrected chi connectivity index (χ1v) is 5.32. The van der Waals surface area contributed by atoms with Gasteiger partial charge in [-0.3, -0.25) is 14.4 Å². The fraction of sp³-hybridized carbons (Fsp3) is 0.700. The third kappa shape index (κ3) is 3.16. The van der Waals surface area contributed by atoms with Gasteiger partial charge in [0.05, 0.1) is 18.4 Å². The van der Waals surface area contributed by atoms with Gasteiger partial charge in [0, 0.05) is 13.1 Å². The molecule has 0 radical (unpaired) electrons. The maximum atomic E-state index is 11.7. The molecule has 0 saturated carbocycles.